The van der Waals surface area contributed by atoms with Crippen molar-refractivity contribution in [2.45, 2.75) is 26.3 Å². The van der Waals surface area contributed by atoms with E-state index in [2.05, 4.69) is 0 Å². The van der Waals surface area contributed by atoms with Gasteiger partial charge in [0.2, 0.25) is 5.95 Å². The molecule has 4 nitrogen and oxygen atoms in total. The van der Waals surface area contributed by atoms with E-state index < -0.39 is 5.95 Å². The summed E-state index contributed by atoms with van der Waals surface area (Å²) in [5.41, 5.74) is 0.813. The van der Waals surface area contributed by atoms with Gasteiger partial charge in [-0.25, -0.2) is 0 Å². The summed E-state index contributed by atoms with van der Waals surface area (Å²) in [5, 5.41) is 0.470. The molecule has 0 radical (unpaired) electrons. The van der Waals surface area contributed by atoms with E-state index in [9.17, 15) is 4.79 Å². The molecular weight excluding hydrogens is 345 g/mol. The molecule has 0 N–H and O–H groups in total. The number of pyridine rings is 1. The molecule has 0 atom stereocenters. The number of hydrogen-bond donors (Lipinski definition) is 0. The highest BCUT2D eigenvalue weighted by Crippen LogP contribution is 2.33. The van der Waals surface area contributed by atoms with Gasteiger partial charge in [-0.15, -0.1) is 0 Å². The Kier molecular flexibility index (Phi) is 4.60. The van der Waals surface area contributed by atoms with Crippen LogP contribution in [0.2, 0.25) is 0 Å². The molecule has 2 aromatic carbocycles. The molecule has 0 spiro atoms. The Morgan fingerprint density at radius 1 is 1.15 bits per heavy atom. The zero-order chi connectivity index (χ0) is 19.0. The maximum absolute atomic E-state index is 15.4. The minimum atomic E-state index is -0.539. The highest BCUT2D eigenvalue weighted by molar-refractivity contribution is 5.88. The van der Waals surface area contributed by atoms with Gasteiger partial charge in [0.15, 0.2) is 5.43 Å². The van der Waals surface area contributed by atoms with Crippen molar-refractivity contribution < 1.29 is 13.9 Å². The van der Waals surface area contributed by atoms with Crippen molar-refractivity contribution in [2.24, 2.45) is 5.92 Å². The average molecular weight is 367 g/mol. The van der Waals surface area contributed by atoms with Gasteiger partial charge < -0.3 is 14.0 Å². The van der Waals surface area contributed by atoms with Crippen molar-refractivity contribution in [2.75, 3.05) is 13.7 Å². The Morgan fingerprint density at radius 3 is 2.52 bits per heavy atom. The third-order valence-corrected chi connectivity index (χ3v) is 5.05. The van der Waals surface area contributed by atoms with Crippen LogP contribution in [0.1, 0.15) is 19.8 Å². The summed E-state index contributed by atoms with van der Waals surface area (Å²) in [7, 11) is 1.57. The molecule has 4 rings (SSSR count). The van der Waals surface area contributed by atoms with Crippen LogP contribution in [0.4, 0.5) is 4.39 Å². The van der Waals surface area contributed by atoms with Gasteiger partial charge >= 0.3 is 0 Å². The molecular formula is C22H22FNO3. The fraction of sp³-hybridized carbons (Fsp3) is 0.318. The molecule has 0 amide bonds. The van der Waals surface area contributed by atoms with Crippen LogP contribution in [-0.4, -0.2) is 18.3 Å². The molecule has 0 unspecified atom stereocenters. The van der Waals surface area contributed by atoms with Crippen LogP contribution in [0.15, 0.2) is 47.3 Å². The molecule has 1 fully saturated rings. The van der Waals surface area contributed by atoms with Crippen LogP contribution < -0.4 is 14.9 Å². The van der Waals surface area contributed by atoms with Gasteiger partial charge in [-0.1, -0.05) is 18.2 Å². The number of halogens is 1. The van der Waals surface area contributed by atoms with Crippen molar-refractivity contribution in [3.8, 4) is 22.6 Å². The molecule has 1 aromatic heterocycles. The first-order valence-electron chi connectivity index (χ1n) is 9.26. The summed E-state index contributed by atoms with van der Waals surface area (Å²) in [6, 6.07) is 12.2. The third kappa shape index (κ3) is 3.18. The Hall–Kier alpha value is -2.82. The van der Waals surface area contributed by atoms with Gasteiger partial charge in [0.05, 0.1) is 30.2 Å². The van der Waals surface area contributed by atoms with Crippen LogP contribution in [0.25, 0.3) is 22.0 Å². The normalized spacial score (nSPS) is 13.7. The first kappa shape index (κ1) is 17.6. The number of methoxy groups -OCH3 is 1. The predicted octanol–water partition coefficient (Wildman–Crippen LogP) is 4.62. The third-order valence-electron chi connectivity index (χ3n) is 5.05. The SMILES string of the molecule is CCn1c(F)c(-c2ccc(OC)cc2)c(=O)c2cccc(OCC3CC3)c21. The average Bonchev–Trinajstić information content (AvgIpc) is 3.52. The van der Waals surface area contributed by atoms with Gasteiger partial charge in [-0.2, -0.15) is 4.39 Å². The van der Waals surface area contributed by atoms with E-state index in [1.54, 1.807) is 43.5 Å². The molecule has 1 aliphatic rings. The number of nitrogens with zero attached hydrogens (tertiary/aromatic N) is 1. The van der Waals surface area contributed by atoms with Crippen LogP contribution >= 0.6 is 0 Å². The molecule has 3 aromatic rings. The van der Waals surface area contributed by atoms with E-state index in [0.717, 1.165) is 0 Å². The standard InChI is InChI=1S/C22H22FNO3/c1-3-24-20-17(5-4-6-18(20)27-13-14-7-8-14)21(25)19(22(24)23)15-9-11-16(26-2)12-10-15/h4-6,9-12,14H,3,7-8,13H2,1-2H3. The smallest absolute Gasteiger partial charge is 0.206 e. The molecule has 0 bridgehead atoms. The van der Waals surface area contributed by atoms with Crippen LogP contribution in [0.5, 0.6) is 11.5 Å². The topological polar surface area (TPSA) is 40.5 Å². The van der Waals surface area contributed by atoms with E-state index in [-0.39, 0.29) is 11.0 Å². The lowest BCUT2D eigenvalue weighted by Crippen LogP contribution is -2.17. The van der Waals surface area contributed by atoms with Gasteiger partial charge in [0.25, 0.3) is 0 Å². The highest BCUT2D eigenvalue weighted by Gasteiger charge is 2.24. The lowest BCUT2D eigenvalue weighted by atomic mass is 10.0. The second kappa shape index (κ2) is 7.06. The molecule has 1 heterocycles. The quantitative estimate of drug-likeness (QED) is 0.597. The largest absolute Gasteiger partial charge is 0.497 e. The van der Waals surface area contributed by atoms with E-state index >= 15 is 4.39 Å². The number of aromatic nitrogens is 1. The minimum absolute atomic E-state index is 0.0753. The van der Waals surface area contributed by atoms with E-state index in [0.29, 0.717) is 47.0 Å². The van der Waals surface area contributed by atoms with Crippen molar-refractivity contribution in [3.05, 3.63) is 58.6 Å². The number of rotatable bonds is 6. The number of benzene rings is 2. The lowest BCUT2D eigenvalue weighted by molar-refractivity contribution is 0.301. The summed E-state index contributed by atoms with van der Waals surface area (Å²) >= 11 is 0. The van der Waals surface area contributed by atoms with E-state index in [1.165, 1.54) is 17.4 Å². The minimum Gasteiger partial charge on any atom is -0.497 e. The zero-order valence-corrected chi connectivity index (χ0v) is 15.5. The molecule has 27 heavy (non-hydrogen) atoms. The predicted molar refractivity (Wildman–Crippen MR) is 104 cm³/mol. The van der Waals surface area contributed by atoms with Crippen molar-refractivity contribution in [1.82, 2.24) is 4.57 Å². The number of hydrogen-bond acceptors (Lipinski definition) is 3. The van der Waals surface area contributed by atoms with Gasteiger partial charge in [-0.3, -0.25) is 4.79 Å². The number of ether oxygens (including phenoxy) is 2. The number of fused-ring (bicyclic) bond motifs is 1. The fourth-order valence-corrected chi connectivity index (χ4v) is 3.36. The first-order chi connectivity index (χ1) is 13.1. The summed E-state index contributed by atoms with van der Waals surface area (Å²) in [4.78, 5) is 13.1. The van der Waals surface area contributed by atoms with Gasteiger partial charge in [0.1, 0.15) is 11.5 Å². The van der Waals surface area contributed by atoms with Gasteiger partial charge in [-0.05, 0) is 55.5 Å². The summed E-state index contributed by atoms with van der Waals surface area (Å²) in [6.45, 7) is 2.87. The Balaban J connectivity index is 1.91. The number of aryl methyl sites for hydroxylation is 1. The maximum Gasteiger partial charge on any atom is 0.206 e. The molecule has 0 saturated heterocycles. The highest BCUT2D eigenvalue weighted by atomic mass is 19.1. The Bertz CT molecular complexity index is 1040. The van der Waals surface area contributed by atoms with Crippen LogP contribution in [-0.2, 0) is 6.54 Å². The zero-order valence-electron chi connectivity index (χ0n) is 15.5. The second-order valence-electron chi connectivity index (χ2n) is 6.87. The van der Waals surface area contributed by atoms with Crippen LogP contribution in [0, 0.1) is 11.9 Å². The number of para-hydroxylation sites is 1. The van der Waals surface area contributed by atoms with Crippen molar-refractivity contribution in [1.29, 1.82) is 0 Å². The second-order valence-corrected chi connectivity index (χ2v) is 6.87. The van der Waals surface area contributed by atoms with Gasteiger partial charge in [0, 0.05) is 6.54 Å². The monoisotopic (exact) mass is 367 g/mol. The first-order valence-corrected chi connectivity index (χ1v) is 9.26. The fourth-order valence-electron chi connectivity index (χ4n) is 3.36. The van der Waals surface area contributed by atoms with Crippen LogP contribution in [0.3, 0.4) is 0 Å². The summed E-state index contributed by atoms with van der Waals surface area (Å²) in [5.74, 6) is 1.26. The molecule has 0 aliphatic heterocycles. The molecule has 5 heteroatoms. The lowest BCUT2D eigenvalue weighted by Gasteiger charge is -2.17. The maximum atomic E-state index is 15.4. The molecule has 140 valence electrons. The van der Waals surface area contributed by atoms with Crippen molar-refractivity contribution in [3.63, 3.8) is 0 Å². The molecule has 1 aliphatic carbocycles. The Labute approximate surface area is 157 Å². The Morgan fingerprint density at radius 2 is 1.89 bits per heavy atom. The molecule has 1 saturated carbocycles. The van der Waals surface area contributed by atoms with Crippen molar-refractivity contribution >= 4 is 10.9 Å². The van der Waals surface area contributed by atoms with E-state index in [1.807, 2.05) is 13.0 Å². The summed E-state index contributed by atoms with van der Waals surface area (Å²) in [6.07, 6.45) is 2.34. The summed E-state index contributed by atoms with van der Waals surface area (Å²) < 4.78 is 28.0. The van der Waals surface area contributed by atoms with E-state index in [4.69, 9.17) is 9.47 Å².